The van der Waals surface area contributed by atoms with Gasteiger partial charge in [-0.3, -0.25) is 9.80 Å². The fourth-order valence-corrected chi connectivity index (χ4v) is 8.20. The van der Waals surface area contributed by atoms with Crippen molar-refractivity contribution in [3.63, 3.8) is 0 Å². The van der Waals surface area contributed by atoms with Gasteiger partial charge in [0, 0.05) is 71.7 Å². The molecule has 0 unspecified atom stereocenters. The number of hydrogen-bond donors (Lipinski definition) is 4. The standard InChI is InChI=1S/C34H46N6/c1-39-21-25-9-13-29(35-25)33(17-5-3-6-18-33)31-15-11-27(37-31)23-40(2)24-28-12-16-32(38-28)34(19-7-4-8-20-34)30-14-10-26(22-39)36-30/h9-16,35-38H,3-8,17-24H2,1-2H3. The van der Waals surface area contributed by atoms with Gasteiger partial charge in [-0.15, -0.1) is 0 Å². The Bertz CT molecular complexity index is 1220. The normalized spacial score (nSPS) is 22.1. The van der Waals surface area contributed by atoms with Crippen LogP contribution < -0.4 is 0 Å². The van der Waals surface area contributed by atoms with Gasteiger partial charge in [0.05, 0.1) is 10.8 Å². The third kappa shape index (κ3) is 4.69. The second kappa shape index (κ2) is 10.5. The number of nitrogens with zero attached hydrogens (tertiary/aromatic N) is 2. The van der Waals surface area contributed by atoms with Crippen LogP contribution in [-0.2, 0) is 37.0 Å². The summed E-state index contributed by atoms with van der Waals surface area (Å²) in [4.78, 5) is 20.4. The minimum Gasteiger partial charge on any atom is -0.360 e. The highest BCUT2D eigenvalue weighted by Gasteiger charge is 2.39. The minimum atomic E-state index is 0.0593. The van der Waals surface area contributed by atoms with Crippen molar-refractivity contribution in [1.82, 2.24) is 29.7 Å². The molecule has 2 spiro atoms. The molecule has 2 saturated carbocycles. The molecule has 212 valence electrons. The summed E-state index contributed by atoms with van der Waals surface area (Å²) in [6, 6.07) is 18.8. The van der Waals surface area contributed by atoms with Crippen molar-refractivity contribution in [3.8, 4) is 0 Å². The number of nitrogens with one attached hydrogen (secondary N) is 4. The van der Waals surface area contributed by atoms with Crippen LogP contribution in [0.4, 0.5) is 0 Å². The van der Waals surface area contributed by atoms with E-state index in [0.717, 1.165) is 26.2 Å². The first-order valence-corrected chi connectivity index (χ1v) is 15.6. The van der Waals surface area contributed by atoms with Gasteiger partial charge in [0.2, 0.25) is 0 Å². The molecule has 0 atom stereocenters. The van der Waals surface area contributed by atoms with Crippen molar-refractivity contribution in [2.45, 2.75) is 101 Å². The van der Waals surface area contributed by atoms with Gasteiger partial charge >= 0.3 is 0 Å². The van der Waals surface area contributed by atoms with Crippen molar-refractivity contribution in [1.29, 1.82) is 0 Å². The van der Waals surface area contributed by atoms with E-state index in [0.29, 0.717) is 0 Å². The Labute approximate surface area is 239 Å². The highest BCUT2D eigenvalue weighted by Crippen LogP contribution is 2.45. The van der Waals surface area contributed by atoms with E-state index in [1.165, 1.54) is 110 Å². The van der Waals surface area contributed by atoms with Gasteiger partial charge < -0.3 is 19.9 Å². The molecule has 2 fully saturated rings. The lowest BCUT2D eigenvalue weighted by molar-refractivity contribution is 0.301. The van der Waals surface area contributed by atoms with Crippen LogP contribution >= 0.6 is 0 Å². The Hall–Kier alpha value is -2.96. The fourth-order valence-electron chi connectivity index (χ4n) is 8.20. The highest BCUT2D eigenvalue weighted by molar-refractivity contribution is 5.37. The molecule has 5 heterocycles. The second-order valence-corrected chi connectivity index (χ2v) is 13.2. The van der Waals surface area contributed by atoms with Gasteiger partial charge in [0.25, 0.3) is 0 Å². The van der Waals surface area contributed by atoms with E-state index in [9.17, 15) is 0 Å². The van der Waals surface area contributed by atoms with E-state index in [1.54, 1.807) is 0 Å². The van der Waals surface area contributed by atoms with Gasteiger partial charge in [0.15, 0.2) is 0 Å². The van der Waals surface area contributed by atoms with Gasteiger partial charge in [-0.25, -0.2) is 0 Å². The number of fused-ring (bicyclic) bond motifs is 12. The maximum Gasteiger partial charge on any atom is 0.0503 e. The van der Waals surface area contributed by atoms with E-state index in [2.05, 4.69) is 92.4 Å². The Morgan fingerprint density at radius 3 is 0.975 bits per heavy atom. The molecule has 4 N–H and O–H groups in total. The summed E-state index contributed by atoms with van der Waals surface area (Å²) >= 11 is 0. The molecule has 0 saturated heterocycles. The van der Waals surface area contributed by atoms with Crippen LogP contribution in [0.1, 0.15) is 110 Å². The average Bonchev–Trinajstić information content (AvgIpc) is 3.77. The largest absolute Gasteiger partial charge is 0.360 e. The lowest BCUT2D eigenvalue weighted by Gasteiger charge is -2.36. The molecule has 1 aliphatic heterocycles. The molecule has 8 bridgehead atoms. The van der Waals surface area contributed by atoms with Crippen LogP contribution in [0.25, 0.3) is 0 Å². The molecule has 3 aliphatic rings. The molecule has 0 radical (unpaired) electrons. The van der Waals surface area contributed by atoms with Crippen LogP contribution in [0.3, 0.4) is 0 Å². The molecular formula is C34H46N6. The van der Waals surface area contributed by atoms with Gasteiger partial charge in [-0.2, -0.15) is 0 Å². The SMILES string of the molecule is CN1Cc2ccc([nH]2)C2(CCCCC2)c2ccc([nH]2)CN(C)Cc2ccc([nH]2)C2(CCCCC2)c2ccc([nH]2)C1. The minimum absolute atomic E-state index is 0.0593. The van der Waals surface area contributed by atoms with E-state index >= 15 is 0 Å². The number of hydrogen-bond acceptors (Lipinski definition) is 2. The van der Waals surface area contributed by atoms with Crippen molar-refractivity contribution in [3.05, 3.63) is 94.1 Å². The number of aromatic nitrogens is 4. The molecule has 2 aliphatic carbocycles. The van der Waals surface area contributed by atoms with Crippen LogP contribution in [-0.4, -0.2) is 43.8 Å². The first-order valence-electron chi connectivity index (χ1n) is 15.6. The molecule has 0 aromatic carbocycles. The average molecular weight is 539 g/mol. The monoisotopic (exact) mass is 538 g/mol. The van der Waals surface area contributed by atoms with Crippen LogP contribution in [0.15, 0.2) is 48.5 Å². The predicted molar refractivity (Wildman–Crippen MR) is 161 cm³/mol. The van der Waals surface area contributed by atoms with Gasteiger partial charge in [-0.1, -0.05) is 38.5 Å². The predicted octanol–water partition coefficient (Wildman–Crippen LogP) is 7.08. The molecule has 7 rings (SSSR count). The molecule has 40 heavy (non-hydrogen) atoms. The Morgan fingerprint density at radius 1 is 0.425 bits per heavy atom. The van der Waals surface area contributed by atoms with E-state index in [4.69, 9.17) is 0 Å². The van der Waals surface area contributed by atoms with Gasteiger partial charge in [-0.05, 0) is 88.3 Å². The lowest BCUT2D eigenvalue weighted by atomic mass is 9.69. The highest BCUT2D eigenvalue weighted by atomic mass is 15.1. The number of H-pyrrole nitrogens is 4. The van der Waals surface area contributed by atoms with Crippen LogP contribution in [0, 0.1) is 0 Å². The van der Waals surface area contributed by atoms with Crippen LogP contribution in [0.5, 0.6) is 0 Å². The first-order chi connectivity index (χ1) is 19.5. The molecule has 4 aromatic heterocycles. The lowest BCUT2D eigenvalue weighted by Crippen LogP contribution is -2.32. The second-order valence-electron chi connectivity index (χ2n) is 13.2. The number of aromatic amines is 4. The van der Waals surface area contributed by atoms with E-state index in [1.807, 2.05) is 0 Å². The summed E-state index contributed by atoms with van der Waals surface area (Å²) < 4.78 is 0. The smallest absolute Gasteiger partial charge is 0.0503 e. The van der Waals surface area contributed by atoms with Gasteiger partial charge in [0.1, 0.15) is 0 Å². The summed E-state index contributed by atoms with van der Waals surface area (Å²) in [5.41, 5.74) is 10.9. The fraction of sp³-hybridized carbons (Fsp3) is 0.529. The Morgan fingerprint density at radius 2 is 0.700 bits per heavy atom. The zero-order valence-corrected chi connectivity index (χ0v) is 24.4. The summed E-state index contributed by atoms with van der Waals surface area (Å²) in [6.45, 7) is 3.65. The summed E-state index contributed by atoms with van der Waals surface area (Å²) in [6.07, 6.45) is 12.6. The summed E-state index contributed by atoms with van der Waals surface area (Å²) in [5.74, 6) is 0. The third-order valence-electron chi connectivity index (χ3n) is 10.2. The molecular weight excluding hydrogens is 492 g/mol. The van der Waals surface area contributed by atoms with E-state index in [-0.39, 0.29) is 10.8 Å². The van der Waals surface area contributed by atoms with Crippen molar-refractivity contribution in [2.75, 3.05) is 14.1 Å². The zero-order valence-electron chi connectivity index (χ0n) is 24.4. The Kier molecular flexibility index (Phi) is 6.79. The maximum atomic E-state index is 3.90. The molecule has 6 heteroatoms. The molecule has 4 aromatic rings. The maximum absolute atomic E-state index is 3.90. The first kappa shape index (κ1) is 26.0. The quantitative estimate of drug-likeness (QED) is 0.193. The number of rotatable bonds is 0. The van der Waals surface area contributed by atoms with Crippen LogP contribution in [0.2, 0.25) is 0 Å². The topological polar surface area (TPSA) is 69.6 Å². The molecule has 0 amide bonds. The van der Waals surface area contributed by atoms with E-state index < -0.39 is 0 Å². The van der Waals surface area contributed by atoms with Crippen molar-refractivity contribution in [2.24, 2.45) is 0 Å². The summed E-state index contributed by atoms with van der Waals surface area (Å²) in [5, 5.41) is 0. The Balaban J connectivity index is 1.26. The molecule has 6 nitrogen and oxygen atoms in total. The zero-order chi connectivity index (χ0) is 27.2. The van der Waals surface area contributed by atoms with Crippen molar-refractivity contribution >= 4 is 0 Å². The van der Waals surface area contributed by atoms with Crippen molar-refractivity contribution < 1.29 is 0 Å². The third-order valence-corrected chi connectivity index (χ3v) is 10.2. The summed E-state index contributed by atoms with van der Waals surface area (Å²) in [7, 11) is 4.48.